The molecule has 0 heterocycles. The van der Waals surface area contributed by atoms with Gasteiger partial charge in [0.05, 0.1) is 4.92 Å². The Hall–Kier alpha value is -3.02. The normalized spacial score (nSPS) is 9.80. The zero-order valence-corrected chi connectivity index (χ0v) is 10.3. The number of carbonyl (C=O) groups is 2. The van der Waals surface area contributed by atoms with Gasteiger partial charge in [-0.2, -0.15) is 0 Å². The van der Waals surface area contributed by atoms with Crippen LogP contribution in [0.4, 0.5) is 11.4 Å². The van der Waals surface area contributed by atoms with Crippen LogP contribution in [0.2, 0.25) is 0 Å². The standard InChI is InChI=1S/C14H10N2O4/c17-9-15-12-7-6-11(8-13(12)16(19)20)14(18)10-4-2-1-3-5-10/h1-9H,(H,15,17). The molecule has 0 aromatic heterocycles. The molecule has 0 unspecified atom stereocenters. The predicted octanol–water partition coefficient (Wildman–Crippen LogP) is 2.39. The summed E-state index contributed by atoms with van der Waals surface area (Å²) >= 11 is 0. The predicted molar refractivity (Wildman–Crippen MR) is 72.7 cm³/mol. The number of amides is 1. The topological polar surface area (TPSA) is 89.3 Å². The zero-order valence-electron chi connectivity index (χ0n) is 10.3. The molecule has 2 aromatic rings. The van der Waals surface area contributed by atoms with Crippen molar-refractivity contribution < 1.29 is 14.5 Å². The molecular weight excluding hydrogens is 260 g/mol. The molecular formula is C14H10N2O4. The summed E-state index contributed by atoms with van der Waals surface area (Å²) in [5.41, 5.74) is 0.366. The van der Waals surface area contributed by atoms with Gasteiger partial charge >= 0.3 is 0 Å². The smallest absolute Gasteiger partial charge is 0.293 e. The second-order valence-electron chi connectivity index (χ2n) is 3.95. The Kier molecular flexibility index (Phi) is 3.85. The van der Waals surface area contributed by atoms with Crippen molar-refractivity contribution >= 4 is 23.6 Å². The molecule has 0 atom stereocenters. The maximum Gasteiger partial charge on any atom is 0.293 e. The largest absolute Gasteiger partial charge is 0.323 e. The van der Waals surface area contributed by atoms with Gasteiger partial charge < -0.3 is 5.32 Å². The fourth-order valence-electron chi connectivity index (χ4n) is 1.77. The second-order valence-corrected chi connectivity index (χ2v) is 3.95. The molecule has 0 fully saturated rings. The van der Waals surface area contributed by atoms with Crippen molar-refractivity contribution in [2.45, 2.75) is 0 Å². The Balaban J connectivity index is 2.43. The summed E-state index contributed by atoms with van der Waals surface area (Å²) < 4.78 is 0. The number of nitrogens with zero attached hydrogens (tertiary/aromatic N) is 1. The minimum absolute atomic E-state index is 0.0506. The summed E-state index contributed by atoms with van der Waals surface area (Å²) in [6.07, 6.45) is 0.348. The third-order valence-electron chi connectivity index (χ3n) is 2.71. The minimum atomic E-state index is -0.645. The third-order valence-corrected chi connectivity index (χ3v) is 2.71. The van der Waals surface area contributed by atoms with Gasteiger partial charge in [-0.15, -0.1) is 0 Å². The molecule has 0 bridgehead atoms. The van der Waals surface area contributed by atoms with E-state index in [0.29, 0.717) is 12.0 Å². The molecule has 0 spiro atoms. The van der Waals surface area contributed by atoms with Gasteiger partial charge in [0.1, 0.15) is 5.69 Å². The molecule has 0 aliphatic carbocycles. The van der Waals surface area contributed by atoms with Crippen LogP contribution < -0.4 is 5.32 Å². The van der Waals surface area contributed by atoms with Crippen LogP contribution in [-0.2, 0) is 4.79 Å². The van der Waals surface area contributed by atoms with Crippen molar-refractivity contribution in [1.82, 2.24) is 0 Å². The molecule has 0 saturated carbocycles. The second kappa shape index (κ2) is 5.75. The quantitative estimate of drug-likeness (QED) is 0.391. The van der Waals surface area contributed by atoms with Crippen LogP contribution in [0.1, 0.15) is 15.9 Å². The maximum absolute atomic E-state index is 12.2. The fraction of sp³-hybridized carbons (Fsp3) is 0. The van der Waals surface area contributed by atoms with Gasteiger partial charge in [-0.05, 0) is 12.1 Å². The molecule has 1 N–H and O–H groups in total. The average molecular weight is 270 g/mol. The van der Waals surface area contributed by atoms with E-state index < -0.39 is 4.92 Å². The van der Waals surface area contributed by atoms with E-state index in [2.05, 4.69) is 5.32 Å². The van der Waals surface area contributed by atoms with Crippen LogP contribution >= 0.6 is 0 Å². The van der Waals surface area contributed by atoms with Crippen molar-refractivity contribution in [2.24, 2.45) is 0 Å². The first-order valence-corrected chi connectivity index (χ1v) is 5.72. The number of nitro groups is 1. The Morgan fingerprint density at radius 2 is 1.80 bits per heavy atom. The zero-order chi connectivity index (χ0) is 14.5. The van der Waals surface area contributed by atoms with E-state index in [4.69, 9.17) is 0 Å². The Morgan fingerprint density at radius 1 is 1.10 bits per heavy atom. The Morgan fingerprint density at radius 3 is 2.40 bits per heavy atom. The molecule has 0 saturated heterocycles. The van der Waals surface area contributed by atoms with E-state index in [1.165, 1.54) is 12.1 Å². The highest BCUT2D eigenvalue weighted by Gasteiger charge is 2.18. The first kappa shape index (κ1) is 13.4. The lowest BCUT2D eigenvalue weighted by atomic mass is 10.0. The summed E-state index contributed by atoms with van der Waals surface area (Å²) in [4.78, 5) is 32.9. The Bertz CT molecular complexity index is 668. The van der Waals surface area contributed by atoms with Crippen molar-refractivity contribution in [1.29, 1.82) is 0 Å². The van der Waals surface area contributed by atoms with Crippen molar-refractivity contribution in [2.75, 3.05) is 5.32 Å². The molecule has 1 amide bonds. The highest BCUT2D eigenvalue weighted by atomic mass is 16.6. The number of nitro benzene ring substituents is 1. The summed E-state index contributed by atoms with van der Waals surface area (Å²) in [7, 11) is 0. The van der Waals surface area contributed by atoms with Crippen molar-refractivity contribution in [3.63, 3.8) is 0 Å². The number of hydrogen-bond donors (Lipinski definition) is 1. The monoisotopic (exact) mass is 270 g/mol. The number of ketones is 1. The van der Waals surface area contributed by atoms with Crippen LogP contribution in [0, 0.1) is 10.1 Å². The van der Waals surface area contributed by atoms with E-state index in [1.807, 2.05) is 0 Å². The number of anilines is 1. The summed E-state index contributed by atoms with van der Waals surface area (Å²) in [5.74, 6) is -0.314. The van der Waals surface area contributed by atoms with E-state index in [9.17, 15) is 19.7 Å². The Labute approximate surface area is 114 Å². The van der Waals surface area contributed by atoms with Gasteiger partial charge in [0.15, 0.2) is 5.78 Å². The number of benzene rings is 2. The first-order valence-electron chi connectivity index (χ1n) is 5.72. The van der Waals surface area contributed by atoms with Gasteiger partial charge in [-0.25, -0.2) is 0 Å². The number of rotatable bonds is 5. The van der Waals surface area contributed by atoms with E-state index in [1.54, 1.807) is 30.3 Å². The van der Waals surface area contributed by atoms with Gasteiger partial charge in [-0.1, -0.05) is 30.3 Å². The maximum atomic E-state index is 12.2. The molecule has 6 nitrogen and oxygen atoms in total. The molecule has 0 aliphatic heterocycles. The average Bonchev–Trinajstić information content (AvgIpc) is 2.48. The molecule has 0 aliphatic rings. The molecule has 0 radical (unpaired) electrons. The van der Waals surface area contributed by atoms with E-state index in [-0.39, 0.29) is 22.7 Å². The summed E-state index contributed by atoms with van der Waals surface area (Å²) in [6, 6.07) is 12.4. The lowest BCUT2D eigenvalue weighted by Crippen LogP contribution is -2.04. The minimum Gasteiger partial charge on any atom is -0.323 e. The number of hydrogen-bond acceptors (Lipinski definition) is 4. The van der Waals surface area contributed by atoms with Crippen molar-refractivity contribution in [3.8, 4) is 0 Å². The fourth-order valence-corrected chi connectivity index (χ4v) is 1.77. The lowest BCUT2D eigenvalue weighted by molar-refractivity contribution is -0.383. The molecule has 20 heavy (non-hydrogen) atoms. The van der Waals surface area contributed by atoms with E-state index >= 15 is 0 Å². The molecule has 6 heteroatoms. The van der Waals surface area contributed by atoms with Crippen LogP contribution in [0.15, 0.2) is 48.5 Å². The van der Waals surface area contributed by atoms with E-state index in [0.717, 1.165) is 6.07 Å². The van der Waals surface area contributed by atoms with Crippen LogP contribution in [0.3, 0.4) is 0 Å². The van der Waals surface area contributed by atoms with Gasteiger partial charge in [-0.3, -0.25) is 19.7 Å². The summed E-state index contributed by atoms with van der Waals surface area (Å²) in [5, 5.41) is 13.2. The highest BCUT2D eigenvalue weighted by Crippen LogP contribution is 2.26. The highest BCUT2D eigenvalue weighted by molar-refractivity contribution is 6.09. The molecule has 2 rings (SSSR count). The lowest BCUT2D eigenvalue weighted by Gasteiger charge is -2.04. The third kappa shape index (κ3) is 2.69. The first-order chi connectivity index (χ1) is 9.63. The van der Waals surface area contributed by atoms with Crippen LogP contribution in [0.25, 0.3) is 0 Å². The van der Waals surface area contributed by atoms with Gasteiger partial charge in [0.25, 0.3) is 5.69 Å². The van der Waals surface area contributed by atoms with Crippen LogP contribution in [-0.4, -0.2) is 17.1 Å². The van der Waals surface area contributed by atoms with Crippen LogP contribution in [0.5, 0.6) is 0 Å². The number of carbonyl (C=O) groups excluding carboxylic acids is 2. The molecule has 2 aromatic carbocycles. The van der Waals surface area contributed by atoms with Gasteiger partial charge in [0, 0.05) is 17.2 Å². The van der Waals surface area contributed by atoms with Gasteiger partial charge in [0.2, 0.25) is 6.41 Å². The molecule has 100 valence electrons. The summed E-state index contributed by atoms with van der Waals surface area (Å²) in [6.45, 7) is 0. The SMILES string of the molecule is O=CNc1ccc(C(=O)c2ccccc2)cc1[N+](=O)[O-]. The number of nitrogens with one attached hydrogen (secondary N) is 1. The van der Waals surface area contributed by atoms with Crippen molar-refractivity contribution in [3.05, 3.63) is 69.8 Å².